The van der Waals surface area contributed by atoms with Gasteiger partial charge < -0.3 is 20.5 Å². The Labute approximate surface area is 141 Å². The molecule has 0 radical (unpaired) electrons. The molecule has 0 saturated heterocycles. The Hall–Kier alpha value is -0.810. The molecule has 5 nitrogen and oxygen atoms in total. The second-order valence-corrected chi connectivity index (χ2v) is 7.04. The molecule has 0 aromatic heterocycles. The maximum atomic E-state index is 10.4. The first-order chi connectivity index (χ1) is 11.2. The van der Waals surface area contributed by atoms with Crippen molar-refractivity contribution in [2.45, 2.75) is 82.8 Å². The Morgan fingerprint density at radius 3 is 2.57 bits per heavy atom. The molecule has 0 heterocycles. The van der Waals surface area contributed by atoms with E-state index in [1.165, 1.54) is 32.1 Å². The summed E-state index contributed by atoms with van der Waals surface area (Å²) in [5.41, 5.74) is -0.577. The van der Waals surface area contributed by atoms with Crippen LogP contribution in [0.1, 0.15) is 71.1 Å². The van der Waals surface area contributed by atoms with Crippen LogP contribution < -0.4 is 10.6 Å². The van der Waals surface area contributed by atoms with E-state index in [-0.39, 0.29) is 0 Å². The molecule has 2 aliphatic rings. The maximum Gasteiger partial charge on any atom is 0.191 e. The fourth-order valence-electron chi connectivity index (χ4n) is 3.52. The van der Waals surface area contributed by atoms with Crippen LogP contribution in [0.15, 0.2) is 4.99 Å². The molecule has 2 fully saturated rings. The van der Waals surface area contributed by atoms with Gasteiger partial charge in [-0.25, -0.2) is 0 Å². The molecule has 0 spiro atoms. The molecule has 2 saturated carbocycles. The van der Waals surface area contributed by atoms with Crippen LogP contribution >= 0.6 is 0 Å². The van der Waals surface area contributed by atoms with Crippen LogP contribution in [-0.4, -0.2) is 49.0 Å². The molecule has 2 aliphatic carbocycles. The lowest BCUT2D eigenvalue weighted by atomic mass is 9.98. The SMILES string of the molecule is CCNC(=NCC1(O)CCCC1)NCCCOC1CCCCC1. The van der Waals surface area contributed by atoms with E-state index in [4.69, 9.17) is 4.74 Å². The van der Waals surface area contributed by atoms with Gasteiger partial charge in [0.05, 0.1) is 18.2 Å². The molecule has 2 rings (SSSR count). The fraction of sp³-hybridized carbons (Fsp3) is 0.944. The van der Waals surface area contributed by atoms with Crippen molar-refractivity contribution in [3.63, 3.8) is 0 Å². The fourth-order valence-corrected chi connectivity index (χ4v) is 3.52. The monoisotopic (exact) mass is 325 g/mol. The second kappa shape index (κ2) is 10.1. The minimum Gasteiger partial charge on any atom is -0.388 e. The zero-order chi connectivity index (χ0) is 16.4. The predicted molar refractivity (Wildman–Crippen MR) is 94.8 cm³/mol. The van der Waals surface area contributed by atoms with Crippen LogP contribution in [-0.2, 0) is 4.74 Å². The summed E-state index contributed by atoms with van der Waals surface area (Å²) in [6.45, 7) is 5.08. The second-order valence-electron chi connectivity index (χ2n) is 7.04. The van der Waals surface area contributed by atoms with Gasteiger partial charge in [0.1, 0.15) is 0 Å². The van der Waals surface area contributed by atoms with Crippen LogP contribution in [0, 0.1) is 0 Å². The maximum absolute atomic E-state index is 10.4. The zero-order valence-electron chi connectivity index (χ0n) is 14.8. The average molecular weight is 325 g/mol. The highest BCUT2D eigenvalue weighted by Crippen LogP contribution is 2.29. The summed E-state index contributed by atoms with van der Waals surface area (Å²) >= 11 is 0. The number of guanidine groups is 1. The molecule has 0 unspecified atom stereocenters. The number of hydrogen-bond donors (Lipinski definition) is 3. The lowest BCUT2D eigenvalue weighted by Crippen LogP contribution is -2.40. The third-order valence-electron chi connectivity index (χ3n) is 4.93. The molecule has 0 atom stereocenters. The zero-order valence-corrected chi connectivity index (χ0v) is 14.8. The number of aliphatic hydroxyl groups is 1. The highest BCUT2D eigenvalue weighted by Gasteiger charge is 2.30. The normalized spacial score (nSPS) is 22.3. The molecule has 0 amide bonds. The Morgan fingerprint density at radius 1 is 1.13 bits per heavy atom. The lowest BCUT2D eigenvalue weighted by molar-refractivity contribution is 0.0276. The number of rotatable bonds is 8. The van der Waals surface area contributed by atoms with Gasteiger partial charge in [0.15, 0.2) is 5.96 Å². The van der Waals surface area contributed by atoms with Gasteiger partial charge in [-0.15, -0.1) is 0 Å². The van der Waals surface area contributed by atoms with Crippen molar-refractivity contribution in [3.05, 3.63) is 0 Å². The highest BCUT2D eigenvalue weighted by atomic mass is 16.5. The summed E-state index contributed by atoms with van der Waals surface area (Å²) in [6, 6.07) is 0. The van der Waals surface area contributed by atoms with Crippen LogP contribution in [0.25, 0.3) is 0 Å². The molecule has 0 aromatic rings. The number of nitrogens with zero attached hydrogens (tertiary/aromatic N) is 1. The van der Waals surface area contributed by atoms with Gasteiger partial charge in [0.2, 0.25) is 0 Å². The minimum absolute atomic E-state index is 0.488. The van der Waals surface area contributed by atoms with Crippen LogP contribution in [0.5, 0.6) is 0 Å². The van der Waals surface area contributed by atoms with Crippen molar-refractivity contribution in [2.75, 3.05) is 26.2 Å². The Bertz CT molecular complexity index is 348. The van der Waals surface area contributed by atoms with E-state index in [0.717, 1.165) is 57.8 Å². The third kappa shape index (κ3) is 7.08. The van der Waals surface area contributed by atoms with Gasteiger partial charge in [0, 0.05) is 19.7 Å². The quantitative estimate of drug-likeness (QED) is 0.365. The van der Waals surface area contributed by atoms with Gasteiger partial charge >= 0.3 is 0 Å². The van der Waals surface area contributed by atoms with Crippen LogP contribution in [0.3, 0.4) is 0 Å². The molecule has 5 heteroatoms. The van der Waals surface area contributed by atoms with Crippen LogP contribution in [0.4, 0.5) is 0 Å². The van der Waals surface area contributed by atoms with Gasteiger partial charge in [-0.1, -0.05) is 32.1 Å². The first-order valence-corrected chi connectivity index (χ1v) is 9.58. The topological polar surface area (TPSA) is 65.9 Å². The van der Waals surface area contributed by atoms with E-state index in [2.05, 4.69) is 22.5 Å². The van der Waals surface area contributed by atoms with Crippen LogP contribution in [0.2, 0.25) is 0 Å². The van der Waals surface area contributed by atoms with E-state index in [0.29, 0.717) is 12.6 Å². The van der Waals surface area contributed by atoms with E-state index in [1.807, 2.05) is 0 Å². The smallest absolute Gasteiger partial charge is 0.191 e. The summed E-state index contributed by atoms with van der Waals surface area (Å²) in [5.74, 6) is 0.811. The predicted octanol–water partition coefficient (Wildman–Crippen LogP) is 2.59. The first-order valence-electron chi connectivity index (χ1n) is 9.58. The van der Waals surface area contributed by atoms with Crippen molar-refractivity contribution in [1.29, 1.82) is 0 Å². The molecular weight excluding hydrogens is 290 g/mol. The van der Waals surface area contributed by atoms with E-state index >= 15 is 0 Å². The van der Waals surface area contributed by atoms with Gasteiger partial charge in [-0.05, 0) is 39.0 Å². The first kappa shape index (κ1) is 18.5. The van der Waals surface area contributed by atoms with Crippen molar-refractivity contribution >= 4 is 5.96 Å². The standard InChI is InChI=1S/C18H35N3O2/c1-2-19-17(21-15-18(22)11-6-7-12-18)20-13-8-14-23-16-9-4-3-5-10-16/h16,22H,2-15H2,1H3,(H2,19,20,21). The number of hydrogen-bond acceptors (Lipinski definition) is 3. The Morgan fingerprint density at radius 2 is 1.87 bits per heavy atom. The van der Waals surface area contributed by atoms with Crippen molar-refractivity contribution in [2.24, 2.45) is 4.99 Å². The van der Waals surface area contributed by atoms with E-state index < -0.39 is 5.60 Å². The third-order valence-corrected chi connectivity index (χ3v) is 4.93. The minimum atomic E-state index is -0.577. The van der Waals surface area contributed by atoms with Crippen molar-refractivity contribution < 1.29 is 9.84 Å². The summed E-state index contributed by atoms with van der Waals surface area (Å²) < 4.78 is 5.94. The molecule has 0 aromatic carbocycles. The van der Waals surface area contributed by atoms with Gasteiger partial charge in [-0.2, -0.15) is 0 Å². The average Bonchev–Trinajstić information content (AvgIpc) is 3.00. The number of nitrogens with one attached hydrogen (secondary N) is 2. The summed E-state index contributed by atoms with van der Waals surface area (Å²) in [7, 11) is 0. The Balaban J connectivity index is 1.61. The Kier molecular flexibility index (Phi) is 8.17. The summed E-state index contributed by atoms with van der Waals surface area (Å²) in [4.78, 5) is 4.56. The molecule has 0 bridgehead atoms. The van der Waals surface area contributed by atoms with E-state index in [9.17, 15) is 5.11 Å². The van der Waals surface area contributed by atoms with Gasteiger partial charge in [0.25, 0.3) is 0 Å². The molecule has 23 heavy (non-hydrogen) atoms. The molecular formula is C18H35N3O2. The number of ether oxygens (including phenoxy) is 1. The highest BCUT2D eigenvalue weighted by molar-refractivity contribution is 5.79. The lowest BCUT2D eigenvalue weighted by Gasteiger charge is -2.22. The number of aliphatic imine (C=N–C) groups is 1. The largest absolute Gasteiger partial charge is 0.388 e. The van der Waals surface area contributed by atoms with Gasteiger partial charge in [-0.3, -0.25) is 4.99 Å². The molecule has 3 N–H and O–H groups in total. The molecule has 0 aliphatic heterocycles. The van der Waals surface area contributed by atoms with Crippen molar-refractivity contribution in [3.8, 4) is 0 Å². The molecule has 134 valence electrons. The van der Waals surface area contributed by atoms with E-state index in [1.54, 1.807) is 0 Å². The van der Waals surface area contributed by atoms with Crippen molar-refractivity contribution in [1.82, 2.24) is 10.6 Å². The summed E-state index contributed by atoms with van der Waals surface area (Å²) in [6.07, 6.45) is 12.0. The summed E-state index contributed by atoms with van der Waals surface area (Å²) in [5, 5.41) is 17.0.